The van der Waals surface area contributed by atoms with Crippen LogP contribution in [0, 0.1) is 0 Å². The molecule has 0 fully saturated rings. The monoisotopic (exact) mass is 300 g/mol. The molecule has 0 saturated carbocycles. The van der Waals surface area contributed by atoms with E-state index >= 15 is 0 Å². The van der Waals surface area contributed by atoms with E-state index in [1.54, 1.807) is 6.92 Å². The summed E-state index contributed by atoms with van der Waals surface area (Å²) in [4.78, 5) is 26.7. The molecule has 1 aromatic heterocycles. The molecule has 1 heterocycles. The largest absolute Gasteiger partial charge is 0.478 e. The Balaban J connectivity index is 1.91. The van der Waals surface area contributed by atoms with Crippen molar-refractivity contribution in [2.45, 2.75) is 19.6 Å². The summed E-state index contributed by atoms with van der Waals surface area (Å²) in [6, 6.07) is 11.7. The maximum atomic E-state index is 11.7. The summed E-state index contributed by atoms with van der Waals surface area (Å²) in [5.74, 6) is -1.04. The summed E-state index contributed by atoms with van der Waals surface area (Å²) < 4.78 is 5.10. The van der Waals surface area contributed by atoms with Gasteiger partial charge in [0.05, 0.1) is 17.3 Å². The minimum absolute atomic E-state index is 0.122. The molecule has 6 heteroatoms. The number of carboxylic acids is 1. The van der Waals surface area contributed by atoms with Gasteiger partial charge in [0.25, 0.3) is 0 Å². The maximum Gasteiger partial charge on any atom is 0.407 e. The summed E-state index contributed by atoms with van der Waals surface area (Å²) in [7, 11) is 0. The van der Waals surface area contributed by atoms with Gasteiger partial charge in [-0.15, -0.1) is 0 Å². The van der Waals surface area contributed by atoms with Crippen LogP contribution in [0.2, 0.25) is 0 Å². The van der Waals surface area contributed by atoms with Gasteiger partial charge in [-0.25, -0.2) is 9.59 Å². The van der Waals surface area contributed by atoms with E-state index in [0.717, 1.165) is 5.56 Å². The highest BCUT2D eigenvalue weighted by Crippen LogP contribution is 2.12. The molecular formula is C16H16N2O4. The number of benzene rings is 1. The molecule has 1 aromatic carbocycles. The van der Waals surface area contributed by atoms with Gasteiger partial charge < -0.3 is 15.2 Å². The first-order chi connectivity index (χ1) is 10.6. The van der Waals surface area contributed by atoms with Crippen LogP contribution in [0.1, 0.15) is 34.6 Å². The number of hydrogen-bond acceptors (Lipinski definition) is 4. The molecule has 22 heavy (non-hydrogen) atoms. The summed E-state index contributed by atoms with van der Waals surface area (Å²) in [6.07, 6.45) is 0.811. The predicted molar refractivity (Wildman–Crippen MR) is 79.4 cm³/mol. The van der Waals surface area contributed by atoms with Crippen LogP contribution >= 0.6 is 0 Å². The first-order valence-corrected chi connectivity index (χ1v) is 6.72. The molecular weight excluding hydrogens is 284 g/mol. The van der Waals surface area contributed by atoms with Crippen LogP contribution in [-0.2, 0) is 11.3 Å². The molecule has 0 radical (unpaired) electrons. The zero-order chi connectivity index (χ0) is 15.9. The molecule has 0 saturated heterocycles. The topological polar surface area (TPSA) is 88.5 Å². The number of rotatable bonds is 5. The second-order valence-electron chi connectivity index (χ2n) is 4.70. The van der Waals surface area contributed by atoms with Gasteiger partial charge in [-0.3, -0.25) is 4.98 Å². The van der Waals surface area contributed by atoms with Gasteiger partial charge in [-0.05, 0) is 24.6 Å². The van der Waals surface area contributed by atoms with E-state index in [-0.39, 0.29) is 12.2 Å². The number of alkyl carbamates (subject to hydrolysis) is 1. The Kier molecular flexibility index (Phi) is 5.08. The van der Waals surface area contributed by atoms with Gasteiger partial charge in [0.1, 0.15) is 6.61 Å². The number of pyridine rings is 1. The molecule has 2 aromatic rings. The fourth-order valence-electron chi connectivity index (χ4n) is 1.83. The quantitative estimate of drug-likeness (QED) is 0.886. The lowest BCUT2D eigenvalue weighted by Crippen LogP contribution is -2.28. The average molecular weight is 300 g/mol. The van der Waals surface area contributed by atoms with E-state index in [2.05, 4.69) is 10.3 Å². The third kappa shape index (κ3) is 4.31. The molecule has 2 rings (SSSR count). The van der Waals surface area contributed by atoms with Crippen LogP contribution in [0.25, 0.3) is 0 Å². The minimum Gasteiger partial charge on any atom is -0.478 e. The van der Waals surface area contributed by atoms with Crippen LogP contribution in [0.4, 0.5) is 4.79 Å². The van der Waals surface area contributed by atoms with E-state index in [1.807, 2.05) is 30.3 Å². The Bertz CT molecular complexity index is 658. The first kappa shape index (κ1) is 15.5. The fraction of sp³-hybridized carbons (Fsp3) is 0.188. The molecule has 1 unspecified atom stereocenters. The number of carbonyl (C=O) groups excluding carboxylic acids is 1. The lowest BCUT2D eigenvalue weighted by atomic mass is 10.1. The molecule has 0 bridgehead atoms. The van der Waals surface area contributed by atoms with Crippen molar-refractivity contribution < 1.29 is 19.4 Å². The summed E-state index contributed by atoms with van der Waals surface area (Å²) in [5.41, 5.74) is 1.46. The van der Waals surface area contributed by atoms with Crippen LogP contribution in [0.15, 0.2) is 48.7 Å². The fourth-order valence-corrected chi connectivity index (χ4v) is 1.83. The van der Waals surface area contributed by atoms with E-state index < -0.39 is 18.1 Å². The summed E-state index contributed by atoms with van der Waals surface area (Å²) in [5, 5.41) is 11.6. The SMILES string of the molecule is CC(NC(=O)OCc1ccccc1)c1cc(C(=O)O)ccn1. The molecule has 0 aliphatic heterocycles. The number of aromatic carboxylic acids is 1. The van der Waals surface area contributed by atoms with Crippen LogP contribution in [-0.4, -0.2) is 22.2 Å². The second-order valence-corrected chi connectivity index (χ2v) is 4.70. The van der Waals surface area contributed by atoms with Gasteiger partial charge in [0.15, 0.2) is 0 Å². The maximum absolute atomic E-state index is 11.7. The number of nitrogens with zero attached hydrogens (tertiary/aromatic N) is 1. The van der Waals surface area contributed by atoms with E-state index in [4.69, 9.17) is 9.84 Å². The van der Waals surface area contributed by atoms with Crippen molar-refractivity contribution >= 4 is 12.1 Å². The van der Waals surface area contributed by atoms with E-state index in [0.29, 0.717) is 5.69 Å². The number of carboxylic acid groups (broad SMARTS) is 1. The Morgan fingerprint density at radius 1 is 1.27 bits per heavy atom. The number of amides is 1. The van der Waals surface area contributed by atoms with Gasteiger partial charge in [0.2, 0.25) is 0 Å². The molecule has 6 nitrogen and oxygen atoms in total. The van der Waals surface area contributed by atoms with E-state index in [1.165, 1.54) is 18.3 Å². The van der Waals surface area contributed by atoms with Gasteiger partial charge >= 0.3 is 12.1 Å². The normalized spacial score (nSPS) is 11.5. The third-order valence-corrected chi connectivity index (χ3v) is 3.02. The number of nitrogens with one attached hydrogen (secondary N) is 1. The Labute approximate surface area is 127 Å². The highest BCUT2D eigenvalue weighted by molar-refractivity contribution is 5.87. The zero-order valence-corrected chi connectivity index (χ0v) is 12.0. The number of hydrogen-bond donors (Lipinski definition) is 2. The predicted octanol–water partition coefficient (Wildman–Crippen LogP) is 2.77. The second kappa shape index (κ2) is 7.21. The van der Waals surface area contributed by atoms with E-state index in [9.17, 15) is 9.59 Å². The van der Waals surface area contributed by atoms with Crippen LogP contribution < -0.4 is 5.32 Å². The van der Waals surface area contributed by atoms with Gasteiger partial charge in [0, 0.05) is 6.20 Å². The van der Waals surface area contributed by atoms with Crippen molar-refractivity contribution in [3.8, 4) is 0 Å². The van der Waals surface area contributed by atoms with Crippen molar-refractivity contribution in [1.82, 2.24) is 10.3 Å². The molecule has 2 N–H and O–H groups in total. The van der Waals surface area contributed by atoms with Crippen molar-refractivity contribution in [2.75, 3.05) is 0 Å². The summed E-state index contributed by atoms with van der Waals surface area (Å²) in [6.45, 7) is 1.87. The lowest BCUT2D eigenvalue weighted by Gasteiger charge is -2.14. The number of carbonyl (C=O) groups is 2. The zero-order valence-electron chi connectivity index (χ0n) is 12.0. The number of aromatic nitrogens is 1. The highest BCUT2D eigenvalue weighted by Gasteiger charge is 2.13. The van der Waals surface area contributed by atoms with Crippen LogP contribution in [0.3, 0.4) is 0 Å². The smallest absolute Gasteiger partial charge is 0.407 e. The van der Waals surface area contributed by atoms with Crippen LogP contribution in [0.5, 0.6) is 0 Å². The van der Waals surface area contributed by atoms with Crippen molar-refractivity contribution in [3.63, 3.8) is 0 Å². The van der Waals surface area contributed by atoms with Crippen molar-refractivity contribution in [1.29, 1.82) is 0 Å². The Morgan fingerprint density at radius 2 is 2.00 bits per heavy atom. The van der Waals surface area contributed by atoms with Crippen molar-refractivity contribution in [3.05, 3.63) is 65.5 Å². The standard InChI is InChI=1S/C16H16N2O4/c1-11(14-9-13(15(19)20)7-8-17-14)18-16(21)22-10-12-5-3-2-4-6-12/h2-9,11H,10H2,1H3,(H,18,21)(H,19,20). The Morgan fingerprint density at radius 3 is 2.68 bits per heavy atom. The molecule has 1 atom stereocenters. The number of ether oxygens (including phenoxy) is 1. The summed E-state index contributed by atoms with van der Waals surface area (Å²) >= 11 is 0. The third-order valence-electron chi connectivity index (χ3n) is 3.02. The van der Waals surface area contributed by atoms with Gasteiger partial charge in [-0.2, -0.15) is 0 Å². The average Bonchev–Trinajstić information content (AvgIpc) is 2.54. The van der Waals surface area contributed by atoms with Crippen molar-refractivity contribution in [2.24, 2.45) is 0 Å². The van der Waals surface area contributed by atoms with Gasteiger partial charge in [-0.1, -0.05) is 30.3 Å². The first-order valence-electron chi connectivity index (χ1n) is 6.72. The molecule has 0 spiro atoms. The molecule has 1 amide bonds. The minimum atomic E-state index is -1.04. The molecule has 0 aliphatic carbocycles. The molecule has 114 valence electrons. The lowest BCUT2D eigenvalue weighted by molar-refractivity contribution is 0.0696. The highest BCUT2D eigenvalue weighted by atomic mass is 16.5. The Hall–Kier alpha value is -2.89. The molecule has 0 aliphatic rings.